The summed E-state index contributed by atoms with van der Waals surface area (Å²) in [6.45, 7) is 7.85. The van der Waals surface area contributed by atoms with Crippen LogP contribution in [0.1, 0.15) is 55.1 Å². The number of carbonyl (C=O) groups excluding carboxylic acids is 2. The maximum absolute atomic E-state index is 13.4. The van der Waals surface area contributed by atoms with Gasteiger partial charge in [-0.3, -0.25) is 9.59 Å². The van der Waals surface area contributed by atoms with E-state index in [4.69, 9.17) is 27.9 Å². The maximum atomic E-state index is 13.4. The van der Waals surface area contributed by atoms with Crippen LogP contribution in [-0.2, 0) is 16.1 Å². The molecule has 0 saturated carbocycles. The van der Waals surface area contributed by atoms with Crippen LogP contribution in [0.25, 0.3) is 11.1 Å². The Bertz CT molecular complexity index is 1230. The number of fused-ring (bicyclic) bond motifs is 1. The van der Waals surface area contributed by atoms with E-state index >= 15 is 0 Å². The van der Waals surface area contributed by atoms with Gasteiger partial charge in [0.05, 0.1) is 28.1 Å². The van der Waals surface area contributed by atoms with Crippen molar-refractivity contribution in [2.24, 2.45) is 0 Å². The van der Waals surface area contributed by atoms with Crippen molar-refractivity contribution < 1.29 is 14.3 Å². The van der Waals surface area contributed by atoms with E-state index in [0.717, 1.165) is 27.9 Å². The summed E-state index contributed by atoms with van der Waals surface area (Å²) in [6.07, 6.45) is 0. The van der Waals surface area contributed by atoms with E-state index in [1.54, 1.807) is 17.0 Å². The Morgan fingerprint density at radius 1 is 1.00 bits per heavy atom. The molecular formula is C27H25Cl2NO3. The highest BCUT2D eigenvalue weighted by molar-refractivity contribution is 6.42. The van der Waals surface area contributed by atoms with Crippen LogP contribution in [0.15, 0.2) is 60.7 Å². The molecule has 0 spiro atoms. The number of esters is 1. The minimum atomic E-state index is -0.537. The predicted octanol–water partition coefficient (Wildman–Crippen LogP) is 7.27. The summed E-state index contributed by atoms with van der Waals surface area (Å²) >= 11 is 12.3. The Hall–Kier alpha value is -2.82. The molecule has 0 bridgehead atoms. The number of hydrogen-bond acceptors (Lipinski definition) is 3. The van der Waals surface area contributed by atoms with Crippen molar-refractivity contribution in [1.82, 2.24) is 0 Å². The summed E-state index contributed by atoms with van der Waals surface area (Å²) in [5.74, 6) is -0.739. The molecule has 1 atom stereocenters. The molecule has 0 saturated heterocycles. The lowest BCUT2D eigenvalue weighted by Crippen LogP contribution is -2.27. The highest BCUT2D eigenvalue weighted by Crippen LogP contribution is 2.37. The standard InChI is InChI=1S/C27H25Cl2NO3/c1-16(26(32)33-27(2,3)4)17-8-11-20(12-9-17)30-15-19-6-5-7-21(24(19)25(30)31)18-10-13-22(28)23(29)14-18/h5-14,16H,15H2,1-4H3. The quantitative estimate of drug-likeness (QED) is 0.368. The second-order valence-corrected chi connectivity index (χ2v) is 10.0. The Morgan fingerprint density at radius 2 is 1.70 bits per heavy atom. The van der Waals surface area contributed by atoms with Gasteiger partial charge >= 0.3 is 5.97 Å². The van der Waals surface area contributed by atoms with Crippen molar-refractivity contribution in [3.63, 3.8) is 0 Å². The Kier molecular flexibility index (Phi) is 6.26. The van der Waals surface area contributed by atoms with Crippen molar-refractivity contribution in [1.29, 1.82) is 0 Å². The topological polar surface area (TPSA) is 46.6 Å². The lowest BCUT2D eigenvalue weighted by molar-refractivity contribution is -0.156. The van der Waals surface area contributed by atoms with Crippen LogP contribution in [-0.4, -0.2) is 17.5 Å². The monoisotopic (exact) mass is 481 g/mol. The molecule has 4 rings (SSSR count). The molecule has 0 fully saturated rings. The summed E-state index contributed by atoms with van der Waals surface area (Å²) < 4.78 is 5.49. The van der Waals surface area contributed by atoms with Crippen molar-refractivity contribution in [3.8, 4) is 11.1 Å². The average Bonchev–Trinajstić information content (AvgIpc) is 3.11. The molecule has 1 unspecified atom stereocenters. The third-order valence-electron chi connectivity index (χ3n) is 5.63. The molecule has 0 N–H and O–H groups in total. The molecule has 4 nitrogen and oxygen atoms in total. The van der Waals surface area contributed by atoms with Gasteiger partial charge in [-0.15, -0.1) is 0 Å². The molecule has 1 amide bonds. The number of rotatable bonds is 4. The minimum absolute atomic E-state index is 0.0698. The first-order valence-corrected chi connectivity index (χ1v) is 11.5. The lowest BCUT2D eigenvalue weighted by atomic mass is 9.97. The van der Waals surface area contributed by atoms with E-state index in [0.29, 0.717) is 22.2 Å². The summed E-state index contributed by atoms with van der Waals surface area (Å²) in [6, 6.07) is 18.7. The van der Waals surface area contributed by atoms with Crippen LogP contribution in [0.4, 0.5) is 5.69 Å². The normalized spacial score (nSPS) is 14.2. The summed E-state index contributed by atoms with van der Waals surface area (Å²) in [5, 5.41) is 0.922. The van der Waals surface area contributed by atoms with Crippen molar-refractivity contribution >= 4 is 40.8 Å². The van der Waals surface area contributed by atoms with Gasteiger partial charge in [-0.05, 0) is 74.2 Å². The molecule has 0 radical (unpaired) electrons. The molecule has 1 aliphatic rings. The van der Waals surface area contributed by atoms with Crippen LogP contribution in [0.5, 0.6) is 0 Å². The predicted molar refractivity (Wildman–Crippen MR) is 133 cm³/mol. The summed E-state index contributed by atoms with van der Waals surface area (Å²) in [4.78, 5) is 27.6. The molecule has 6 heteroatoms. The number of ether oxygens (including phenoxy) is 1. The SMILES string of the molecule is CC(C(=O)OC(C)(C)C)c1ccc(N2Cc3cccc(-c4ccc(Cl)c(Cl)c4)c3C2=O)cc1. The summed E-state index contributed by atoms with van der Waals surface area (Å²) in [7, 11) is 0. The number of halogens is 2. The van der Waals surface area contributed by atoms with Crippen LogP contribution in [0.3, 0.4) is 0 Å². The van der Waals surface area contributed by atoms with E-state index in [1.807, 2.05) is 76.2 Å². The number of carbonyl (C=O) groups is 2. The minimum Gasteiger partial charge on any atom is -0.460 e. The molecular weight excluding hydrogens is 457 g/mol. The maximum Gasteiger partial charge on any atom is 0.313 e. The van der Waals surface area contributed by atoms with Gasteiger partial charge in [-0.2, -0.15) is 0 Å². The number of benzene rings is 3. The zero-order valence-corrected chi connectivity index (χ0v) is 20.5. The highest BCUT2D eigenvalue weighted by Gasteiger charge is 2.31. The molecule has 33 heavy (non-hydrogen) atoms. The van der Waals surface area contributed by atoms with Gasteiger partial charge < -0.3 is 9.64 Å². The second-order valence-electron chi connectivity index (χ2n) is 9.21. The molecule has 3 aromatic carbocycles. The number of anilines is 1. The fraction of sp³-hybridized carbons (Fsp3) is 0.259. The van der Waals surface area contributed by atoms with Gasteiger partial charge in [0.1, 0.15) is 5.60 Å². The van der Waals surface area contributed by atoms with Gasteiger partial charge in [-0.25, -0.2) is 0 Å². The molecule has 3 aromatic rings. The Labute approximate surface area is 204 Å². The van der Waals surface area contributed by atoms with E-state index in [-0.39, 0.29) is 11.9 Å². The smallest absolute Gasteiger partial charge is 0.313 e. The highest BCUT2D eigenvalue weighted by atomic mass is 35.5. The fourth-order valence-corrected chi connectivity index (χ4v) is 4.24. The van der Waals surface area contributed by atoms with Crippen LogP contribution < -0.4 is 4.90 Å². The number of nitrogens with zero attached hydrogens (tertiary/aromatic N) is 1. The summed E-state index contributed by atoms with van der Waals surface area (Å²) in [5.41, 5.74) is 4.37. The van der Waals surface area contributed by atoms with Crippen molar-refractivity contribution in [2.75, 3.05) is 4.90 Å². The second kappa shape index (κ2) is 8.85. The molecule has 170 valence electrons. The van der Waals surface area contributed by atoms with Crippen molar-refractivity contribution in [3.05, 3.63) is 87.4 Å². The van der Waals surface area contributed by atoms with Crippen LogP contribution in [0.2, 0.25) is 10.0 Å². The molecule has 0 aromatic heterocycles. The van der Waals surface area contributed by atoms with Gasteiger partial charge in [0.15, 0.2) is 0 Å². The number of hydrogen-bond donors (Lipinski definition) is 0. The first-order valence-electron chi connectivity index (χ1n) is 10.8. The van der Waals surface area contributed by atoms with Gasteiger partial charge in [0, 0.05) is 5.69 Å². The molecule has 0 aliphatic carbocycles. The molecule has 1 aliphatic heterocycles. The zero-order chi connectivity index (χ0) is 23.9. The third kappa shape index (κ3) is 4.78. The van der Waals surface area contributed by atoms with Gasteiger partial charge in [0.2, 0.25) is 0 Å². The van der Waals surface area contributed by atoms with E-state index in [2.05, 4.69) is 0 Å². The fourth-order valence-electron chi connectivity index (χ4n) is 3.94. The first-order chi connectivity index (χ1) is 15.5. The van der Waals surface area contributed by atoms with Crippen molar-refractivity contribution in [2.45, 2.75) is 45.8 Å². The zero-order valence-electron chi connectivity index (χ0n) is 19.0. The lowest BCUT2D eigenvalue weighted by Gasteiger charge is -2.23. The average molecular weight is 482 g/mol. The molecule has 1 heterocycles. The first kappa shape index (κ1) is 23.3. The third-order valence-corrected chi connectivity index (χ3v) is 6.37. The van der Waals surface area contributed by atoms with E-state index in [1.165, 1.54) is 0 Å². The van der Waals surface area contributed by atoms with Crippen LogP contribution >= 0.6 is 23.2 Å². The van der Waals surface area contributed by atoms with Gasteiger partial charge in [0.25, 0.3) is 5.91 Å². The van der Waals surface area contributed by atoms with E-state index < -0.39 is 11.5 Å². The Balaban J connectivity index is 1.59. The van der Waals surface area contributed by atoms with Gasteiger partial charge in [-0.1, -0.05) is 59.6 Å². The van der Waals surface area contributed by atoms with E-state index in [9.17, 15) is 9.59 Å². The number of amides is 1. The largest absolute Gasteiger partial charge is 0.460 e. The Morgan fingerprint density at radius 3 is 2.33 bits per heavy atom. The van der Waals surface area contributed by atoms with Crippen LogP contribution in [0, 0.1) is 0 Å².